The summed E-state index contributed by atoms with van der Waals surface area (Å²) in [5.74, 6) is 2.02. The predicted octanol–water partition coefficient (Wildman–Crippen LogP) is 4.61. The van der Waals surface area contributed by atoms with Crippen LogP contribution >= 0.6 is 0 Å². The van der Waals surface area contributed by atoms with Crippen molar-refractivity contribution in [1.29, 1.82) is 0 Å². The second-order valence-corrected chi connectivity index (χ2v) is 10.8. The minimum atomic E-state index is -0.478. The Morgan fingerprint density at radius 3 is 2.50 bits per heavy atom. The lowest BCUT2D eigenvalue weighted by atomic mass is 9.46. The van der Waals surface area contributed by atoms with Crippen molar-refractivity contribution < 1.29 is 19.1 Å². The summed E-state index contributed by atoms with van der Waals surface area (Å²) in [5.41, 5.74) is 2.84. The Labute approximate surface area is 168 Å². The Hall–Kier alpha value is -1.16. The largest absolute Gasteiger partial charge is 0.462 e. The third-order valence-corrected chi connectivity index (χ3v) is 9.71. The smallest absolute Gasteiger partial charge is 0.302 e. The van der Waals surface area contributed by atoms with Gasteiger partial charge in [0.05, 0.1) is 6.10 Å². The molecule has 0 bridgehead atoms. The molecule has 1 saturated heterocycles. The molecule has 0 radical (unpaired) electrons. The van der Waals surface area contributed by atoms with Gasteiger partial charge in [-0.3, -0.25) is 9.59 Å². The van der Waals surface area contributed by atoms with E-state index in [1.165, 1.54) is 18.9 Å². The van der Waals surface area contributed by atoms with Crippen LogP contribution in [0.4, 0.5) is 0 Å². The van der Waals surface area contributed by atoms with Crippen LogP contribution in [0.5, 0.6) is 0 Å². The van der Waals surface area contributed by atoms with Crippen LogP contribution in [-0.2, 0) is 19.1 Å². The molecule has 3 saturated carbocycles. The Bertz CT molecular complexity index is 783. The van der Waals surface area contributed by atoms with Crippen LogP contribution in [0.2, 0.25) is 0 Å². The molecule has 28 heavy (non-hydrogen) atoms. The lowest BCUT2D eigenvalue weighted by molar-refractivity contribution is -0.149. The molecule has 0 aromatic rings. The molecule has 0 spiro atoms. The molecule has 4 heteroatoms. The molecule has 4 aliphatic carbocycles. The van der Waals surface area contributed by atoms with Crippen molar-refractivity contribution in [3.05, 3.63) is 11.1 Å². The summed E-state index contributed by atoms with van der Waals surface area (Å²) < 4.78 is 11.6. The van der Waals surface area contributed by atoms with Gasteiger partial charge in [0, 0.05) is 18.8 Å². The molecule has 1 heterocycles. The average Bonchev–Trinajstić information content (AvgIpc) is 3.29. The third kappa shape index (κ3) is 2.16. The number of allylic oxidation sites excluding steroid dienone is 1. The van der Waals surface area contributed by atoms with Gasteiger partial charge in [-0.25, -0.2) is 0 Å². The second-order valence-electron chi connectivity index (χ2n) is 10.8. The normalized spacial score (nSPS) is 51.5. The number of epoxide rings is 1. The minimum absolute atomic E-state index is 0.00769. The van der Waals surface area contributed by atoms with Crippen molar-refractivity contribution in [2.75, 3.05) is 0 Å². The minimum Gasteiger partial charge on any atom is -0.462 e. The number of fused-ring (bicyclic) bond motifs is 7. The predicted molar refractivity (Wildman–Crippen MR) is 106 cm³/mol. The van der Waals surface area contributed by atoms with Crippen molar-refractivity contribution in [1.82, 2.24) is 0 Å². The highest BCUT2D eigenvalue weighted by Crippen LogP contribution is 2.73. The molecule has 8 atom stereocenters. The number of Topliss-reactive ketones (excluding diaryl/α,β-unsaturated/α-hetero) is 1. The lowest BCUT2D eigenvalue weighted by Gasteiger charge is -2.59. The van der Waals surface area contributed by atoms with Gasteiger partial charge in [0.1, 0.15) is 6.10 Å². The molecule has 4 nitrogen and oxygen atoms in total. The maximum atomic E-state index is 12.5. The van der Waals surface area contributed by atoms with Crippen LogP contribution in [0.15, 0.2) is 11.1 Å². The molecule has 0 amide bonds. The van der Waals surface area contributed by atoms with Crippen molar-refractivity contribution in [2.45, 2.75) is 97.4 Å². The molecule has 0 aromatic heterocycles. The standard InChI is InChI=1S/C24H34O4/c1-13-10-17-18(22(4)8-6-16(11-19(13)22)27-15(3)26)7-9-23(5)20(17)12-21-24(23,28-21)14(2)25/h16-18,20-21H,6-12H2,1-5H3/t16-,17+,18-,20-,21+,22+,23-,24+/m0/s1. The molecule has 154 valence electrons. The van der Waals surface area contributed by atoms with E-state index < -0.39 is 5.60 Å². The number of ether oxygens (including phenoxy) is 2. The van der Waals surface area contributed by atoms with Gasteiger partial charge in [0.15, 0.2) is 11.4 Å². The highest BCUT2D eigenvalue weighted by Gasteiger charge is 2.79. The maximum Gasteiger partial charge on any atom is 0.302 e. The number of carbonyl (C=O) groups is 2. The van der Waals surface area contributed by atoms with Crippen molar-refractivity contribution in [2.24, 2.45) is 28.6 Å². The molecule has 4 fully saturated rings. The summed E-state index contributed by atoms with van der Waals surface area (Å²) >= 11 is 0. The van der Waals surface area contributed by atoms with Crippen LogP contribution in [0.3, 0.4) is 0 Å². The van der Waals surface area contributed by atoms with Crippen LogP contribution in [-0.4, -0.2) is 29.6 Å². The van der Waals surface area contributed by atoms with E-state index in [-0.39, 0.29) is 34.8 Å². The fourth-order valence-electron chi connectivity index (χ4n) is 8.49. The van der Waals surface area contributed by atoms with Gasteiger partial charge in [-0.2, -0.15) is 0 Å². The van der Waals surface area contributed by atoms with Gasteiger partial charge < -0.3 is 9.47 Å². The highest BCUT2D eigenvalue weighted by molar-refractivity contribution is 5.90. The van der Waals surface area contributed by atoms with Gasteiger partial charge in [0.2, 0.25) is 0 Å². The average molecular weight is 387 g/mol. The van der Waals surface area contributed by atoms with Crippen LogP contribution < -0.4 is 0 Å². The molecular formula is C24H34O4. The summed E-state index contributed by atoms with van der Waals surface area (Å²) in [7, 11) is 0. The first-order valence-corrected chi connectivity index (χ1v) is 11.2. The second kappa shape index (κ2) is 5.71. The summed E-state index contributed by atoms with van der Waals surface area (Å²) in [6, 6.07) is 0. The van der Waals surface area contributed by atoms with E-state index in [1.807, 2.05) is 0 Å². The number of ketones is 1. The first-order valence-electron chi connectivity index (χ1n) is 11.2. The number of rotatable bonds is 2. The van der Waals surface area contributed by atoms with Gasteiger partial charge >= 0.3 is 5.97 Å². The lowest BCUT2D eigenvalue weighted by Crippen LogP contribution is -2.54. The van der Waals surface area contributed by atoms with E-state index in [2.05, 4.69) is 20.8 Å². The molecule has 0 aromatic carbocycles. The van der Waals surface area contributed by atoms with Gasteiger partial charge in [-0.15, -0.1) is 0 Å². The summed E-state index contributed by atoms with van der Waals surface area (Å²) in [5, 5.41) is 0. The van der Waals surface area contributed by atoms with E-state index in [4.69, 9.17) is 9.47 Å². The van der Waals surface area contributed by atoms with Crippen molar-refractivity contribution in [3.63, 3.8) is 0 Å². The highest BCUT2D eigenvalue weighted by atomic mass is 16.6. The van der Waals surface area contributed by atoms with E-state index in [1.54, 1.807) is 12.5 Å². The van der Waals surface area contributed by atoms with E-state index in [9.17, 15) is 9.59 Å². The van der Waals surface area contributed by atoms with E-state index >= 15 is 0 Å². The third-order valence-electron chi connectivity index (χ3n) is 9.71. The Kier molecular flexibility index (Phi) is 3.84. The number of hydrogen-bond acceptors (Lipinski definition) is 4. The zero-order valence-electron chi connectivity index (χ0n) is 18.0. The van der Waals surface area contributed by atoms with Gasteiger partial charge in [-0.05, 0) is 75.5 Å². The Morgan fingerprint density at radius 2 is 1.82 bits per heavy atom. The molecule has 5 rings (SSSR count). The van der Waals surface area contributed by atoms with Crippen molar-refractivity contribution >= 4 is 11.8 Å². The van der Waals surface area contributed by atoms with Gasteiger partial charge in [-0.1, -0.05) is 25.0 Å². The van der Waals surface area contributed by atoms with Crippen LogP contribution in [0.1, 0.15) is 79.6 Å². The molecular weight excluding hydrogens is 352 g/mol. The molecule has 1 aliphatic heterocycles. The van der Waals surface area contributed by atoms with Crippen molar-refractivity contribution in [3.8, 4) is 0 Å². The maximum absolute atomic E-state index is 12.5. The van der Waals surface area contributed by atoms with E-state index in [0.29, 0.717) is 17.8 Å². The first-order chi connectivity index (χ1) is 13.1. The summed E-state index contributed by atoms with van der Waals surface area (Å²) in [6.45, 7) is 10.4. The van der Waals surface area contributed by atoms with E-state index in [0.717, 1.165) is 38.5 Å². The molecule has 0 N–H and O–H groups in total. The quantitative estimate of drug-likeness (QED) is 0.395. The van der Waals surface area contributed by atoms with Crippen LogP contribution in [0, 0.1) is 28.6 Å². The number of esters is 1. The number of carbonyl (C=O) groups excluding carboxylic acids is 2. The Morgan fingerprint density at radius 1 is 1.07 bits per heavy atom. The first kappa shape index (κ1) is 18.8. The van der Waals surface area contributed by atoms with Gasteiger partial charge in [0.25, 0.3) is 0 Å². The fraction of sp³-hybridized carbons (Fsp3) is 0.833. The fourth-order valence-corrected chi connectivity index (χ4v) is 8.49. The topological polar surface area (TPSA) is 55.9 Å². The monoisotopic (exact) mass is 386 g/mol. The van der Waals surface area contributed by atoms with Crippen LogP contribution in [0.25, 0.3) is 0 Å². The molecule has 0 unspecified atom stereocenters. The zero-order chi connectivity index (χ0) is 20.1. The Balaban J connectivity index is 1.47. The SMILES string of the molecule is CC(=O)O[C@H]1CC[C@@]2(C)C(=C(C)C[C@@H]3[C@@H]2CC[C@@]2(C)[C@H]3C[C@H]3O[C@]32C(C)=O)C1. The number of hydrogen-bond donors (Lipinski definition) is 0. The zero-order valence-corrected chi connectivity index (χ0v) is 18.0. The summed E-state index contributed by atoms with van der Waals surface area (Å²) in [4.78, 5) is 24.0. The summed E-state index contributed by atoms with van der Waals surface area (Å²) in [6.07, 6.45) is 7.71. The molecule has 5 aliphatic rings.